The molecule has 0 amide bonds. The molecule has 2 N–H and O–H groups in total. The first-order valence-corrected chi connectivity index (χ1v) is 9.83. The highest BCUT2D eigenvalue weighted by Crippen LogP contribution is 2.37. The maximum atomic E-state index is 13.1. The molecule has 0 unspecified atom stereocenters. The molecule has 0 spiro atoms. The molecule has 152 valence electrons. The molecule has 0 bridgehead atoms. The summed E-state index contributed by atoms with van der Waals surface area (Å²) in [6.07, 6.45) is -3.99. The molecule has 0 atom stereocenters. The van der Waals surface area contributed by atoms with Crippen LogP contribution in [-0.2, 0) is 34.0 Å². The molecule has 10 heteroatoms. The van der Waals surface area contributed by atoms with E-state index in [0.717, 1.165) is 18.4 Å². The third kappa shape index (κ3) is 5.70. The van der Waals surface area contributed by atoms with Crippen LogP contribution in [0.2, 0.25) is 0 Å². The summed E-state index contributed by atoms with van der Waals surface area (Å²) in [5, 5.41) is 8.98. The molecule has 0 aliphatic rings. The maximum Gasteiger partial charge on any atom is 0.416 e. The summed E-state index contributed by atoms with van der Waals surface area (Å²) >= 11 is 0. The van der Waals surface area contributed by atoms with E-state index in [4.69, 9.17) is 9.84 Å². The van der Waals surface area contributed by atoms with Crippen LogP contribution >= 0.6 is 0 Å². The lowest BCUT2D eigenvalue weighted by molar-refractivity contribution is -0.138. The Balaban J connectivity index is 2.64. The number of alkyl halides is 3. The number of carbonyl (C=O) groups is 1. The molecule has 0 fully saturated rings. The number of hydrogen-bond acceptors (Lipinski definition) is 4. The molecule has 6 nitrogen and oxygen atoms in total. The molecule has 2 rings (SSSR count). The third-order valence-corrected chi connectivity index (χ3v) is 4.54. The van der Waals surface area contributed by atoms with Crippen molar-refractivity contribution in [1.82, 2.24) is 4.72 Å². The molecule has 0 aromatic heterocycles. The number of methoxy groups -OCH3 is 1. The van der Waals surface area contributed by atoms with Crippen molar-refractivity contribution in [1.29, 1.82) is 0 Å². The average molecular weight is 417 g/mol. The predicted molar refractivity (Wildman–Crippen MR) is 96.5 cm³/mol. The van der Waals surface area contributed by atoms with Crippen molar-refractivity contribution >= 4 is 16.0 Å². The van der Waals surface area contributed by atoms with Crippen molar-refractivity contribution in [3.8, 4) is 16.9 Å². The molecule has 2 aromatic rings. The van der Waals surface area contributed by atoms with Crippen molar-refractivity contribution in [2.45, 2.75) is 19.1 Å². The fourth-order valence-electron chi connectivity index (χ4n) is 2.64. The number of carboxylic acids is 1. The van der Waals surface area contributed by atoms with Crippen molar-refractivity contribution in [3.63, 3.8) is 0 Å². The zero-order valence-corrected chi connectivity index (χ0v) is 15.8. The van der Waals surface area contributed by atoms with E-state index in [1.807, 2.05) is 0 Å². The Labute approximate surface area is 160 Å². The summed E-state index contributed by atoms with van der Waals surface area (Å²) in [7, 11) is -2.28. The molecule has 2 aromatic carbocycles. The summed E-state index contributed by atoms with van der Waals surface area (Å²) in [6.45, 7) is -0.371. The molecule has 0 aliphatic heterocycles. The number of rotatable bonds is 7. The summed E-state index contributed by atoms with van der Waals surface area (Å²) in [6, 6.07) is 7.50. The van der Waals surface area contributed by atoms with Crippen LogP contribution in [0.5, 0.6) is 5.75 Å². The molecule has 28 heavy (non-hydrogen) atoms. The first-order valence-electron chi connectivity index (χ1n) is 7.94. The van der Waals surface area contributed by atoms with Gasteiger partial charge in [-0.05, 0) is 41.0 Å². The number of ether oxygens (including phenoxy) is 1. The molecular weight excluding hydrogens is 399 g/mol. The predicted octanol–water partition coefficient (Wildman–Crippen LogP) is 3.06. The lowest BCUT2D eigenvalue weighted by Crippen LogP contribution is -2.22. The van der Waals surface area contributed by atoms with Gasteiger partial charge in [0.25, 0.3) is 0 Å². The van der Waals surface area contributed by atoms with Crippen LogP contribution in [0.3, 0.4) is 0 Å². The van der Waals surface area contributed by atoms with Crippen LogP contribution in [0.15, 0.2) is 36.4 Å². The van der Waals surface area contributed by atoms with E-state index in [1.54, 1.807) is 0 Å². The fourth-order valence-corrected chi connectivity index (χ4v) is 3.06. The summed E-state index contributed by atoms with van der Waals surface area (Å²) in [4.78, 5) is 11.0. The third-order valence-electron chi connectivity index (χ3n) is 3.87. The Morgan fingerprint density at radius 1 is 1.14 bits per heavy atom. The summed E-state index contributed by atoms with van der Waals surface area (Å²) in [5.74, 6) is -0.753. The lowest BCUT2D eigenvalue weighted by atomic mass is 9.94. The average Bonchev–Trinajstić information content (AvgIpc) is 2.57. The zero-order chi connectivity index (χ0) is 21.1. The van der Waals surface area contributed by atoms with E-state index in [2.05, 4.69) is 4.72 Å². The second-order valence-corrected chi connectivity index (χ2v) is 7.90. The normalized spacial score (nSPS) is 12.0. The number of hydrogen-bond donors (Lipinski definition) is 2. The van der Waals surface area contributed by atoms with Crippen molar-refractivity contribution in [2.75, 3.05) is 13.4 Å². The van der Waals surface area contributed by atoms with Gasteiger partial charge in [-0.1, -0.05) is 12.1 Å². The van der Waals surface area contributed by atoms with Crippen LogP contribution in [0, 0.1) is 0 Å². The van der Waals surface area contributed by atoms with Crippen molar-refractivity contribution < 1.29 is 36.2 Å². The van der Waals surface area contributed by atoms with E-state index in [1.165, 1.54) is 31.4 Å². The molecule has 0 saturated carbocycles. The van der Waals surface area contributed by atoms with Gasteiger partial charge in [0.15, 0.2) is 0 Å². The van der Waals surface area contributed by atoms with E-state index >= 15 is 0 Å². The quantitative estimate of drug-likeness (QED) is 0.722. The largest absolute Gasteiger partial charge is 0.496 e. The van der Waals surface area contributed by atoms with Crippen LogP contribution in [0.1, 0.15) is 16.7 Å². The van der Waals surface area contributed by atoms with Gasteiger partial charge in [0.2, 0.25) is 10.0 Å². The Morgan fingerprint density at radius 3 is 2.36 bits per heavy atom. The standard InChI is InChI=1S/C18H18F3NO5S/c1-27-16-6-3-11(8-17(23)24)7-15(16)14-5-4-13(18(19,20)21)9-12(14)10-22-28(2,25)26/h3-7,9,22H,8,10H2,1-2H3,(H,23,24). The number of aliphatic carboxylic acids is 1. The van der Waals surface area contributed by atoms with Gasteiger partial charge in [-0.2, -0.15) is 13.2 Å². The van der Waals surface area contributed by atoms with Gasteiger partial charge in [-0.3, -0.25) is 4.79 Å². The second-order valence-electron chi connectivity index (χ2n) is 6.07. The van der Waals surface area contributed by atoms with Crippen LogP contribution in [-0.4, -0.2) is 32.9 Å². The SMILES string of the molecule is COc1ccc(CC(=O)O)cc1-c1ccc(C(F)(F)F)cc1CNS(C)(=O)=O. The van der Waals surface area contributed by atoms with Crippen LogP contribution in [0.25, 0.3) is 11.1 Å². The first-order chi connectivity index (χ1) is 12.9. The van der Waals surface area contributed by atoms with Gasteiger partial charge in [0.1, 0.15) is 5.75 Å². The second kappa shape index (κ2) is 8.19. The molecule has 0 saturated heterocycles. The molecule has 0 aliphatic carbocycles. The number of nitrogens with one attached hydrogen (secondary N) is 1. The van der Waals surface area contributed by atoms with E-state index in [9.17, 15) is 26.4 Å². The summed E-state index contributed by atoms with van der Waals surface area (Å²) in [5.41, 5.74) is 0.229. The van der Waals surface area contributed by atoms with Crippen molar-refractivity contribution in [2.24, 2.45) is 0 Å². The zero-order valence-electron chi connectivity index (χ0n) is 15.0. The number of carboxylic acid groups (broad SMARTS) is 1. The highest BCUT2D eigenvalue weighted by Gasteiger charge is 2.31. The van der Waals surface area contributed by atoms with Crippen molar-refractivity contribution in [3.05, 3.63) is 53.1 Å². The van der Waals surface area contributed by atoms with Gasteiger partial charge in [0.05, 0.1) is 25.3 Å². The molecule has 0 radical (unpaired) electrons. The minimum atomic E-state index is -4.60. The minimum absolute atomic E-state index is 0.0750. The summed E-state index contributed by atoms with van der Waals surface area (Å²) < 4.78 is 69.6. The lowest BCUT2D eigenvalue weighted by Gasteiger charge is -2.17. The number of halogens is 3. The first kappa shape index (κ1) is 21.7. The maximum absolute atomic E-state index is 13.1. The monoisotopic (exact) mass is 417 g/mol. The topological polar surface area (TPSA) is 92.7 Å². The van der Waals surface area contributed by atoms with E-state index in [-0.39, 0.29) is 18.5 Å². The van der Waals surface area contributed by atoms with Gasteiger partial charge in [-0.25, -0.2) is 13.1 Å². The Morgan fingerprint density at radius 2 is 1.82 bits per heavy atom. The number of sulfonamides is 1. The van der Waals surface area contributed by atoms with Gasteiger partial charge < -0.3 is 9.84 Å². The molecule has 0 heterocycles. The molecular formula is C18H18F3NO5S. The van der Waals surface area contributed by atoms with Gasteiger partial charge >= 0.3 is 12.1 Å². The minimum Gasteiger partial charge on any atom is -0.496 e. The van der Waals surface area contributed by atoms with Gasteiger partial charge in [-0.15, -0.1) is 0 Å². The highest BCUT2D eigenvalue weighted by molar-refractivity contribution is 7.88. The fraction of sp³-hybridized carbons (Fsp3) is 0.278. The van der Waals surface area contributed by atoms with Crippen LogP contribution < -0.4 is 9.46 Å². The number of benzene rings is 2. The van der Waals surface area contributed by atoms with Gasteiger partial charge in [0, 0.05) is 12.1 Å². The Kier molecular flexibility index (Phi) is 6.35. The Hall–Kier alpha value is -2.59. The van der Waals surface area contributed by atoms with Crippen LogP contribution in [0.4, 0.5) is 13.2 Å². The smallest absolute Gasteiger partial charge is 0.416 e. The van der Waals surface area contributed by atoms with E-state index < -0.39 is 27.7 Å². The highest BCUT2D eigenvalue weighted by atomic mass is 32.2. The Bertz CT molecular complexity index is 987. The van der Waals surface area contributed by atoms with E-state index in [0.29, 0.717) is 22.4 Å².